The quantitative estimate of drug-likeness (QED) is 0.0197. The summed E-state index contributed by atoms with van der Waals surface area (Å²) in [7, 11) is -3.44. The van der Waals surface area contributed by atoms with Gasteiger partial charge in [0.25, 0.3) is 11.8 Å². The van der Waals surface area contributed by atoms with E-state index in [1.54, 1.807) is 28.4 Å². The van der Waals surface area contributed by atoms with E-state index in [1.807, 2.05) is 138 Å². The number of nitrogens with one attached hydrogen (secondary N) is 1. The number of carboxylic acids is 1. The number of esters is 1. The molecule has 1 aliphatic heterocycles. The lowest BCUT2D eigenvalue weighted by Gasteiger charge is -2.16. The van der Waals surface area contributed by atoms with Gasteiger partial charge in [-0.05, 0) is 118 Å². The first-order valence-corrected chi connectivity index (χ1v) is 42.7. The van der Waals surface area contributed by atoms with Crippen molar-refractivity contribution in [2.45, 2.75) is 137 Å². The van der Waals surface area contributed by atoms with Crippen LogP contribution in [-0.2, 0) is 59.9 Å². The Morgan fingerprint density at radius 1 is 0.606 bits per heavy atom. The van der Waals surface area contributed by atoms with E-state index in [1.165, 1.54) is 6.07 Å². The Bertz CT molecular complexity index is 4150. The van der Waals surface area contributed by atoms with Crippen LogP contribution in [0.25, 0.3) is 45.0 Å². The molecule has 0 unspecified atom stereocenters. The molecule has 0 bridgehead atoms. The van der Waals surface area contributed by atoms with Gasteiger partial charge in [-0.3, -0.25) is 33.1 Å². The Morgan fingerprint density at radius 2 is 1.03 bits per heavy atom. The molecule has 23 nitrogen and oxygen atoms in total. The minimum Gasteiger partial charge on any atom is -0.476 e. The number of aromatic carboxylic acids is 1. The van der Waals surface area contributed by atoms with Crippen LogP contribution < -0.4 is 11.1 Å². The number of nitrogens with two attached hydrogens (primary N) is 1. The molecule has 27 heteroatoms. The number of halogens is 1. The van der Waals surface area contributed by atoms with Gasteiger partial charge in [0, 0.05) is 67.6 Å². The normalized spacial score (nSPS) is 12.7. The van der Waals surface area contributed by atoms with Crippen LogP contribution in [0, 0.1) is 13.8 Å². The van der Waals surface area contributed by atoms with Gasteiger partial charge < -0.3 is 35.1 Å². The maximum atomic E-state index is 13.2. The van der Waals surface area contributed by atoms with Gasteiger partial charge >= 0.3 is 11.9 Å². The number of carboxylic acid groups (broad SMARTS) is 1. The second kappa shape index (κ2) is 33.1. The molecule has 0 saturated heterocycles. The lowest BCUT2D eigenvalue weighted by molar-refractivity contribution is -0.138. The number of carbonyl (C=O) groups is 5. The average Bonchev–Trinajstić information content (AvgIpc) is 1.64. The Morgan fingerprint density at radius 3 is 1.46 bits per heavy atom. The number of aliphatic imine (C=N–C) groups is 1. The highest BCUT2D eigenvalue weighted by Gasteiger charge is 2.28. The fourth-order valence-electron chi connectivity index (χ4n) is 9.41. The molecule has 500 valence electrons. The van der Waals surface area contributed by atoms with Gasteiger partial charge in [0.05, 0.1) is 51.8 Å². The van der Waals surface area contributed by atoms with Gasteiger partial charge in [-0.15, -0.1) is 0 Å². The molecule has 0 spiro atoms. The molecule has 0 fully saturated rings. The first kappa shape index (κ1) is 72.9. The van der Waals surface area contributed by atoms with Crippen LogP contribution in [-0.4, -0.2) is 152 Å². The molecule has 4 N–H and O–H groups in total. The standard InChI is InChI=1S/C28H34N6O4Si.C18H24N4O3Si.C13H19ClN2OSi.C8H11NO2/c1-19-16-23(27(37)30-22(25(35)26(29)36)17-20-10-6-5-7-11-20)32-34(19)28-31-21-12-8-9-13-24(21)33(28)18-38-14-15-39(2,3)4;1-13-11-15(17(23)24)20-22(13)18-19-14-7-5-6-8-16(14)21(18)12-25-9-10-26(2,3)4;1-18(2,3)9-8-17-10-16-12-7-5-4-6-11(12)15-13(16)14;1-3-11-8(10)7-4-6(2)9-5-7/h5-13,16,22H,14-15,17-18H2,1-4H3,(H2,29,36)(H,30,37);5-8,11H,9-10,12H2,1-4H3,(H,23,24);4-7H,8-10H2,1-3H3;4H,3,5H2,1-2H3/t22-;;;/m0.../s1. The first-order chi connectivity index (χ1) is 44.5. The summed E-state index contributed by atoms with van der Waals surface area (Å²) in [6.45, 7) is 32.3. The molecule has 5 aromatic heterocycles. The molecular weight excluding hydrogens is 1270 g/mol. The number of benzene rings is 4. The lowest BCUT2D eigenvalue weighted by Crippen LogP contribution is -2.47. The van der Waals surface area contributed by atoms with Crippen LogP contribution in [0.1, 0.15) is 51.8 Å². The van der Waals surface area contributed by atoms with Crippen LogP contribution in [0.4, 0.5) is 0 Å². The molecule has 9 aromatic rings. The third-order valence-corrected chi connectivity index (χ3v) is 20.1. The topological polar surface area (TPSA) is 282 Å². The van der Waals surface area contributed by atoms with Crippen molar-refractivity contribution in [2.75, 3.05) is 33.0 Å². The van der Waals surface area contributed by atoms with Gasteiger partial charge in [0.1, 0.15) is 26.2 Å². The predicted molar refractivity (Wildman–Crippen MR) is 375 cm³/mol. The van der Waals surface area contributed by atoms with Crippen molar-refractivity contribution in [1.29, 1.82) is 0 Å². The van der Waals surface area contributed by atoms with Crippen molar-refractivity contribution in [1.82, 2.24) is 53.5 Å². The summed E-state index contributed by atoms with van der Waals surface area (Å²) in [4.78, 5) is 77.4. The number of ketones is 1. The molecule has 1 atom stereocenters. The summed E-state index contributed by atoms with van der Waals surface area (Å²) in [5.41, 5.74) is 14.4. The summed E-state index contributed by atoms with van der Waals surface area (Å²) in [6.07, 6.45) is 1.89. The largest absolute Gasteiger partial charge is 0.476 e. The van der Waals surface area contributed by atoms with Crippen molar-refractivity contribution in [3.63, 3.8) is 0 Å². The number of aromatic nitrogens is 10. The van der Waals surface area contributed by atoms with E-state index in [9.17, 15) is 29.1 Å². The number of primary amides is 1. The summed E-state index contributed by atoms with van der Waals surface area (Å²) < 4.78 is 31.4. The number of carbonyl (C=O) groups excluding carboxylic acids is 4. The molecule has 0 radical (unpaired) electrons. The number of allylic oxidation sites excluding steroid dienone is 1. The lowest BCUT2D eigenvalue weighted by atomic mass is 10.0. The van der Waals surface area contributed by atoms with Gasteiger partial charge in [0.2, 0.25) is 23.0 Å². The maximum absolute atomic E-state index is 13.2. The van der Waals surface area contributed by atoms with Gasteiger partial charge in [0.15, 0.2) is 11.4 Å². The SMILES string of the molecule is CCOC(=O)C1=CC(C)=NC1.C[Si](C)(C)CCOCn1c(Cl)nc2ccccc21.Cc1cc(C(=O)N[C@@H](Cc2ccccc2)C(=O)C(N)=O)nn1-c1nc2ccccc2n1COCC[Si](C)(C)C.Cc1cc(C(=O)O)nn1-c1nc2ccccc2n1COCC[Si](C)(C)C. The number of nitrogens with zero attached hydrogens (tertiary/aromatic N) is 11. The number of amides is 2. The Balaban J connectivity index is 0.000000195. The third kappa shape index (κ3) is 21.0. The van der Waals surface area contributed by atoms with E-state index in [0.717, 1.165) is 69.1 Å². The molecule has 2 amide bonds. The fourth-order valence-corrected chi connectivity index (χ4v) is 11.9. The highest BCUT2D eigenvalue weighted by Crippen LogP contribution is 2.25. The van der Waals surface area contributed by atoms with E-state index in [-0.39, 0.29) is 30.5 Å². The monoisotopic (exact) mass is 1350 g/mol. The number of hydrogen-bond acceptors (Lipinski definition) is 15. The Hall–Kier alpha value is -8.51. The van der Waals surface area contributed by atoms with Gasteiger partial charge in [-0.25, -0.2) is 33.9 Å². The minimum atomic E-state index is -1.25. The van der Waals surface area contributed by atoms with Crippen LogP contribution in [0.15, 0.2) is 132 Å². The number of fused-ring (bicyclic) bond motifs is 3. The van der Waals surface area contributed by atoms with Crippen LogP contribution in [0.2, 0.25) is 82.3 Å². The van der Waals surface area contributed by atoms with E-state index in [2.05, 4.69) is 89.4 Å². The fraction of sp³-hybridized carbons (Fsp3) is 0.388. The van der Waals surface area contributed by atoms with Crippen molar-refractivity contribution in [2.24, 2.45) is 10.7 Å². The first-order valence-electron chi connectivity index (χ1n) is 31.2. The number of imidazole rings is 3. The zero-order chi connectivity index (χ0) is 68.5. The second-order valence-corrected chi connectivity index (χ2v) is 43.5. The summed E-state index contributed by atoms with van der Waals surface area (Å²) in [6, 6.07) is 37.8. The molecular formula is C67H88ClN13O10Si3. The summed E-state index contributed by atoms with van der Waals surface area (Å²) in [5.74, 6) is -2.81. The second-order valence-electron chi connectivity index (χ2n) is 26.3. The average molecular weight is 1360 g/mol. The molecule has 6 heterocycles. The molecule has 0 saturated carbocycles. The predicted octanol–water partition coefficient (Wildman–Crippen LogP) is 11.7. The number of para-hydroxylation sites is 6. The molecule has 10 rings (SSSR count). The molecule has 0 aliphatic carbocycles. The van der Waals surface area contributed by atoms with Crippen molar-refractivity contribution >= 4 is 104 Å². The van der Waals surface area contributed by atoms with Crippen molar-refractivity contribution < 1.29 is 48.0 Å². The summed E-state index contributed by atoms with van der Waals surface area (Å²) >= 11 is 6.12. The van der Waals surface area contributed by atoms with E-state index >= 15 is 0 Å². The molecule has 1 aliphatic rings. The van der Waals surface area contributed by atoms with Crippen molar-refractivity contribution in [3.8, 4) is 11.9 Å². The van der Waals surface area contributed by atoms with E-state index in [0.29, 0.717) is 74.0 Å². The van der Waals surface area contributed by atoms with E-state index in [4.69, 9.17) is 41.3 Å². The van der Waals surface area contributed by atoms with Crippen LogP contribution in [0.3, 0.4) is 0 Å². The van der Waals surface area contributed by atoms with Crippen LogP contribution in [0.5, 0.6) is 0 Å². The smallest absolute Gasteiger partial charge is 0.356 e. The molecule has 4 aromatic carbocycles. The minimum absolute atomic E-state index is 0.000701. The van der Waals surface area contributed by atoms with Gasteiger partial charge in [-0.1, -0.05) is 126 Å². The highest BCUT2D eigenvalue weighted by atomic mass is 35.5. The maximum Gasteiger partial charge on any atom is 0.356 e. The zero-order valence-corrected chi connectivity index (χ0v) is 59.9. The number of rotatable bonds is 26. The van der Waals surface area contributed by atoms with Crippen molar-refractivity contribution in [3.05, 3.63) is 161 Å². The highest BCUT2D eigenvalue weighted by molar-refractivity contribution is 6.76. The third-order valence-electron chi connectivity index (χ3n) is 14.7. The number of aryl methyl sites for hydroxylation is 2. The number of hydrogen-bond donors (Lipinski definition) is 3. The summed E-state index contributed by atoms with van der Waals surface area (Å²) in [5, 5.41) is 21.0. The van der Waals surface area contributed by atoms with Crippen LogP contribution >= 0.6 is 11.6 Å². The number of Topliss-reactive ketones (excluding diaryl/α,β-unsaturated/α-hetero) is 1. The zero-order valence-electron chi connectivity index (χ0n) is 56.1. The Labute approximate surface area is 556 Å². The Kier molecular flexibility index (Phi) is 25.6. The van der Waals surface area contributed by atoms with Gasteiger partial charge in [-0.2, -0.15) is 10.2 Å². The number of ether oxygens (including phenoxy) is 4. The van der Waals surface area contributed by atoms with E-state index < -0.39 is 53.8 Å². The molecule has 94 heavy (non-hydrogen) atoms.